The molecule has 4 nitrogen and oxygen atoms in total. The number of halogens is 2. The first-order valence-electron chi connectivity index (χ1n) is 8.66. The number of benzene rings is 3. The molecule has 0 saturated carbocycles. The van der Waals surface area contributed by atoms with Crippen molar-refractivity contribution in [2.24, 2.45) is 0 Å². The summed E-state index contributed by atoms with van der Waals surface area (Å²) in [6.07, 6.45) is 0. The fourth-order valence-electron chi connectivity index (χ4n) is 2.60. The van der Waals surface area contributed by atoms with E-state index in [9.17, 15) is 18.4 Å². The minimum atomic E-state index is -0.461. The van der Waals surface area contributed by atoms with Crippen molar-refractivity contribution < 1.29 is 18.4 Å². The predicted molar refractivity (Wildman–Crippen MR) is 102 cm³/mol. The molecule has 6 heteroatoms. The highest BCUT2D eigenvalue weighted by atomic mass is 19.1. The van der Waals surface area contributed by atoms with E-state index in [1.54, 1.807) is 12.1 Å². The van der Waals surface area contributed by atoms with Crippen LogP contribution in [-0.4, -0.2) is 11.8 Å². The van der Waals surface area contributed by atoms with E-state index < -0.39 is 11.6 Å². The Hall–Kier alpha value is -3.54. The van der Waals surface area contributed by atoms with Gasteiger partial charge in [-0.3, -0.25) is 9.59 Å². The first kappa shape index (κ1) is 19.2. The first-order valence-corrected chi connectivity index (χ1v) is 8.66. The van der Waals surface area contributed by atoms with E-state index in [-0.39, 0.29) is 22.9 Å². The maximum Gasteiger partial charge on any atom is 0.251 e. The Bertz CT molecular complexity index is 907. The van der Waals surface area contributed by atoms with E-state index in [4.69, 9.17) is 0 Å². The van der Waals surface area contributed by atoms with Crippen LogP contribution in [0.25, 0.3) is 0 Å². The molecule has 0 bridgehead atoms. The van der Waals surface area contributed by atoms with Gasteiger partial charge in [-0.05, 0) is 47.5 Å². The minimum Gasteiger partial charge on any atom is -0.348 e. The van der Waals surface area contributed by atoms with Crippen LogP contribution in [0.15, 0.2) is 72.8 Å². The van der Waals surface area contributed by atoms with Crippen molar-refractivity contribution in [3.63, 3.8) is 0 Å². The average molecular weight is 380 g/mol. The number of nitrogens with one attached hydrogen (secondary N) is 2. The van der Waals surface area contributed by atoms with Crippen LogP contribution in [0, 0.1) is 11.6 Å². The van der Waals surface area contributed by atoms with E-state index in [2.05, 4.69) is 10.6 Å². The van der Waals surface area contributed by atoms with Crippen LogP contribution in [0.1, 0.15) is 31.8 Å². The van der Waals surface area contributed by atoms with Crippen molar-refractivity contribution in [1.29, 1.82) is 0 Å². The van der Waals surface area contributed by atoms with Crippen molar-refractivity contribution in [3.8, 4) is 0 Å². The van der Waals surface area contributed by atoms with E-state index in [0.717, 1.165) is 11.1 Å². The van der Waals surface area contributed by atoms with Crippen molar-refractivity contribution >= 4 is 11.8 Å². The molecule has 0 aliphatic carbocycles. The number of hydrogen-bond donors (Lipinski definition) is 2. The van der Waals surface area contributed by atoms with E-state index in [1.807, 2.05) is 24.3 Å². The van der Waals surface area contributed by atoms with Crippen molar-refractivity contribution in [1.82, 2.24) is 10.6 Å². The second-order valence-corrected chi connectivity index (χ2v) is 6.20. The molecule has 28 heavy (non-hydrogen) atoms. The van der Waals surface area contributed by atoms with Crippen molar-refractivity contribution in [2.75, 3.05) is 0 Å². The molecule has 2 N–H and O–H groups in total. The third-order valence-corrected chi connectivity index (χ3v) is 4.10. The lowest BCUT2D eigenvalue weighted by Crippen LogP contribution is -2.23. The Morgan fingerprint density at radius 2 is 1.04 bits per heavy atom. The van der Waals surface area contributed by atoms with Crippen LogP contribution < -0.4 is 10.6 Å². The van der Waals surface area contributed by atoms with Crippen LogP contribution >= 0.6 is 0 Å². The summed E-state index contributed by atoms with van der Waals surface area (Å²) in [6.45, 7) is 0.594. The van der Waals surface area contributed by atoms with Gasteiger partial charge < -0.3 is 10.6 Å². The molecule has 3 rings (SSSR count). The Kier molecular flexibility index (Phi) is 6.11. The fraction of sp³-hybridized carbons (Fsp3) is 0.0909. The highest BCUT2D eigenvalue weighted by Crippen LogP contribution is 2.08. The zero-order valence-electron chi connectivity index (χ0n) is 14.9. The van der Waals surface area contributed by atoms with Gasteiger partial charge in [-0.2, -0.15) is 0 Å². The molecule has 0 spiro atoms. The molecule has 0 saturated heterocycles. The second kappa shape index (κ2) is 8.90. The Balaban J connectivity index is 1.51. The smallest absolute Gasteiger partial charge is 0.251 e. The van der Waals surface area contributed by atoms with Crippen molar-refractivity contribution in [2.45, 2.75) is 13.1 Å². The molecule has 2 amide bonds. The summed E-state index contributed by atoms with van der Waals surface area (Å²) in [4.78, 5) is 24.0. The van der Waals surface area contributed by atoms with Gasteiger partial charge >= 0.3 is 0 Å². The maximum atomic E-state index is 13.2. The van der Waals surface area contributed by atoms with Gasteiger partial charge in [0, 0.05) is 24.2 Å². The van der Waals surface area contributed by atoms with Gasteiger partial charge in [-0.1, -0.05) is 36.4 Å². The summed E-state index contributed by atoms with van der Waals surface area (Å²) in [5.41, 5.74) is 2.25. The van der Waals surface area contributed by atoms with Crippen LogP contribution in [-0.2, 0) is 13.1 Å². The highest BCUT2D eigenvalue weighted by Gasteiger charge is 2.07. The van der Waals surface area contributed by atoms with Crippen molar-refractivity contribution in [3.05, 3.63) is 107 Å². The molecule has 0 heterocycles. The molecular weight excluding hydrogens is 362 g/mol. The quantitative estimate of drug-likeness (QED) is 0.683. The number of carbonyl (C=O) groups is 2. The van der Waals surface area contributed by atoms with Gasteiger partial charge in [0.05, 0.1) is 0 Å². The zero-order valence-corrected chi connectivity index (χ0v) is 14.9. The molecule has 0 aliphatic rings. The molecule has 0 aromatic heterocycles. The zero-order chi connectivity index (χ0) is 19.9. The SMILES string of the molecule is O=C(NCc1ccc(CNC(=O)c2cccc(F)c2)cc1)c1cccc(F)c1. The summed E-state index contributed by atoms with van der Waals surface area (Å²) in [7, 11) is 0. The third-order valence-electron chi connectivity index (χ3n) is 4.10. The number of carbonyl (C=O) groups excluding carboxylic acids is 2. The van der Waals surface area contributed by atoms with Crippen LogP contribution in [0.2, 0.25) is 0 Å². The monoisotopic (exact) mass is 380 g/mol. The summed E-state index contributed by atoms with van der Waals surface area (Å²) < 4.78 is 26.3. The Labute approximate surface area is 161 Å². The van der Waals surface area contributed by atoms with Gasteiger partial charge in [0.25, 0.3) is 11.8 Å². The lowest BCUT2D eigenvalue weighted by atomic mass is 10.1. The largest absolute Gasteiger partial charge is 0.348 e. The van der Waals surface area contributed by atoms with Gasteiger partial charge in [-0.15, -0.1) is 0 Å². The molecule has 0 radical (unpaired) electrons. The predicted octanol–water partition coefficient (Wildman–Crippen LogP) is 3.82. The standard InChI is InChI=1S/C22H18F2N2O2/c23-19-5-1-3-17(11-19)21(27)25-13-15-7-9-16(10-8-15)14-26-22(28)18-4-2-6-20(24)12-18/h1-12H,13-14H2,(H,25,27)(H,26,28). The normalized spacial score (nSPS) is 10.4. The summed E-state index contributed by atoms with van der Waals surface area (Å²) in [5, 5.41) is 5.46. The van der Waals surface area contributed by atoms with Gasteiger partial charge in [-0.25, -0.2) is 8.78 Å². The Morgan fingerprint density at radius 1 is 0.643 bits per heavy atom. The average Bonchev–Trinajstić information content (AvgIpc) is 2.71. The van der Waals surface area contributed by atoms with Crippen LogP contribution in [0.4, 0.5) is 8.78 Å². The first-order chi connectivity index (χ1) is 13.5. The van der Waals surface area contributed by atoms with E-state index in [1.165, 1.54) is 36.4 Å². The number of rotatable bonds is 6. The summed E-state index contributed by atoms with van der Waals surface area (Å²) in [5.74, 6) is -1.63. The lowest BCUT2D eigenvalue weighted by molar-refractivity contribution is 0.0942. The fourth-order valence-corrected chi connectivity index (χ4v) is 2.60. The maximum absolute atomic E-state index is 13.2. The second-order valence-electron chi connectivity index (χ2n) is 6.20. The molecule has 0 aliphatic heterocycles. The molecule has 0 unspecified atom stereocenters. The topological polar surface area (TPSA) is 58.2 Å². The van der Waals surface area contributed by atoms with E-state index >= 15 is 0 Å². The number of hydrogen-bond acceptors (Lipinski definition) is 2. The molecule has 3 aromatic carbocycles. The van der Waals surface area contributed by atoms with Gasteiger partial charge in [0.2, 0.25) is 0 Å². The third kappa shape index (κ3) is 5.23. The van der Waals surface area contributed by atoms with Crippen LogP contribution in [0.3, 0.4) is 0 Å². The molecule has 0 atom stereocenters. The minimum absolute atomic E-state index is 0.261. The van der Waals surface area contributed by atoms with Gasteiger partial charge in [0.1, 0.15) is 11.6 Å². The lowest BCUT2D eigenvalue weighted by Gasteiger charge is -2.08. The molecule has 0 fully saturated rings. The van der Waals surface area contributed by atoms with Crippen LogP contribution in [0.5, 0.6) is 0 Å². The van der Waals surface area contributed by atoms with E-state index in [0.29, 0.717) is 13.1 Å². The summed E-state index contributed by atoms with van der Waals surface area (Å²) in [6, 6.07) is 18.3. The molecular formula is C22H18F2N2O2. The summed E-state index contributed by atoms with van der Waals surface area (Å²) >= 11 is 0. The molecule has 142 valence electrons. The Morgan fingerprint density at radius 3 is 1.39 bits per heavy atom. The molecule has 3 aromatic rings. The van der Waals surface area contributed by atoms with Gasteiger partial charge in [0.15, 0.2) is 0 Å². The highest BCUT2D eigenvalue weighted by molar-refractivity contribution is 5.94. The number of amides is 2.